The van der Waals surface area contributed by atoms with Crippen LogP contribution in [0, 0.1) is 11.3 Å². The molecule has 0 saturated heterocycles. The lowest BCUT2D eigenvalue weighted by atomic mass is 10.1. The lowest BCUT2D eigenvalue weighted by Gasteiger charge is -2.05. The smallest absolute Gasteiger partial charge is 0.135 e. The maximum Gasteiger partial charge on any atom is 0.135 e. The standard InChI is InChI=1S/C12H9ClN4/c13-11-7-12(16-8-15-11)17-10-3-1-9(2-4-10)5-6-14/h1-4,7-8H,5H2,(H,15,16,17). The van der Waals surface area contributed by atoms with Crippen molar-refractivity contribution in [2.45, 2.75) is 6.42 Å². The molecule has 1 heterocycles. The minimum Gasteiger partial charge on any atom is -0.340 e. The molecule has 0 fully saturated rings. The number of hydrogen-bond donors (Lipinski definition) is 1. The first-order chi connectivity index (χ1) is 8.28. The summed E-state index contributed by atoms with van der Waals surface area (Å²) in [6.45, 7) is 0. The second-order valence-electron chi connectivity index (χ2n) is 3.38. The SMILES string of the molecule is N#CCc1ccc(Nc2cc(Cl)ncn2)cc1. The Bertz CT molecular complexity index is 545. The number of aromatic nitrogens is 2. The summed E-state index contributed by atoms with van der Waals surface area (Å²) >= 11 is 5.75. The Balaban J connectivity index is 2.11. The van der Waals surface area contributed by atoms with Gasteiger partial charge in [-0.1, -0.05) is 23.7 Å². The molecule has 0 aliphatic carbocycles. The van der Waals surface area contributed by atoms with Gasteiger partial charge in [-0.05, 0) is 17.7 Å². The van der Waals surface area contributed by atoms with Crippen molar-refractivity contribution in [3.8, 4) is 6.07 Å². The van der Waals surface area contributed by atoms with Gasteiger partial charge in [-0.2, -0.15) is 5.26 Å². The number of halogens is 1. The van der Waals surface area contributed by atoms with Crippen molar-refractivity contribution in [2.75, 3.05) is 5.32 Å². The number of nitrogens with one attached hydrogen (secondary N) is 1. The highest BCUT2D eigenvalue weighted by molar-refractivity contribution is 6.29. The quantitative estimate of drug-likeness (QED) is 0.844. The Morgan fingerprint density at radius 3 is 2.65 bits per heavy atom. The largest absolute Gasteiger partial charge is 0.340 e. The molecule has 84 valence electrons. The molecule has 4 nitrogen and oxygen atoms in total. The summed E-state index contributed by atoms with van der Waals surface area (Å²) in [5, 5.41) is 12.0. The highest BCUT2D eigenvalue weighted by Crippen LogP contribution is 2.16. The van der Waals surface area contributed by atoms with Crippen LogP contribution in [-0.4, -0.2) is 9.97 Å². The van der Waals surface area contributed by atoms with E-state index in [-0.39, 0.29) is 0 Å². The zero-order valence-electron chi connectivity index (χ0n) is 8.89. The molecule has 5 heteroatoms. The van der Waals surface area contributed by atoms with Gasteiger partial charge < -0.3 is 5.32 Å². The molecule has 0 radical (unpaired) electrons. The van der Waals surface area contributed by atoms with Crippen LogP contribution in [0.5, 0.6) is 0 Å². The molecule has 0 bridgehead atoms. The highest BCUT2D eigenvalue weighted by Gasteiger charge is 1.98. The molecule has 2 aromatic rings. The third-order valence-corrected chi connectivity index (χ3v) is 2.35. The van der Waals surface area contributed by atoms with E-state index in [2.05, 4.69) is 21.4 Å². The van der Waals surface area contributed by atoms with E-state index in [9.17, 15) is 0 Å². The number of anilines is 2. The van der Waals surface area contributed by atoms with Gasteiger partial charge in [-0.3, -0.25) is 0 Å². The van der Waals surface area contributed by atoms with Crippen LogP contribution in [0.25, 0.3) is 0 Å². The van der Waals surface area contributed by atoms with Crippen LogP contribution in [0.3, 0.4) is 0 Å². The summed E-state index contributed by atoms with van der Waals surface area (Å²) in [4.78, 5) is 7.83. The van der Waals surface area contributed by atoms with Crippen LogP contribution in [0.2, 0.25) is 5.15 Å². The van der Waals surface area contributed by atoms with Crippen LogP contribution in [0.15, 0.2) is 36.7 Å². The predicted molar refractivity (Wildman–Crippen MR) is 66.1 cm³/mol. The van der Waals surface area contributed by atoms with E-state index in [1.54, 1.807) is 6.07 Å². The Labute approximate surface area is 104 Å². The molecule has 2 rings (SSSR count). The molecule has 17 heavy (non-hydrogen) atoms. The summed E-state index contributed by atoms with van der Waals surface area (Å²) in [7, 11) is 0. The Kier molecular flexibility index (Phi) is 3.53. The normalized spacial score (nSPS) is 9.65. The minimum absolute atomic E-state index is 0.392. The monoisotopic (exact) mass is 244 g/mol. The van der Waals surface area contributed by atoms with Gasteiger partial charge in [0.1, 0.15) is 17.3 Å². The third-order valence-electron chi connectivity index (χ3n) is 2.14. The van der Waals surface area contributed by atoms with Crippen molar-refractivity contribution in [3.05, 3.63) is 47.4 Å². The highest BCUT2D eigenvalue weighted by atomic mass is 35.5. The number of benzene rings is 1. The summed E-state index contributed by atoms with van der Waals surface area (Å²) in [6, 6.07) is 11.3. The molecule has 0 saturated carbocycles. The summed E-state index contributed by atoms with van der Waals surface area (Å²) < 4.78 is 0. The molecule has 0 aliphatic rings. The molecular weight excluding hydrogens is 236 g/mol. The van der Waals surface area contributed by atoms with Crippen LogP contribution < -0.4 is 5.32 Å². The first-order valence-corrected chi connectivity index (χ1v) is 5.36. The zero-order valence-corrected chi connectivity index (χ0v) is 9.65. The minimum atomic E-state index is 0.392. The second kappa shape index (κ2) is 5.28. The van der Waals surface area contributed by atoms with Gasteiger partial charge in [0.2, 0.25) is 0 Å². The molecule has 0 atom stereocenters. The first-order valence-electron chi connectivity index (χ1n) is 4.98. The van der Waals surface area contributed by atoms with E-state index in [0.717, 1.165) is 11.3 Å². The van der Waals surface area contributed by atoms with Crippen molar-refractivity contribution < 1.29 is 0 Å². The Hall–Kier alpha value is -2.12. The number of nitrogens with zero attached hydrogens (tertiary/aromatic N) is 3. The predicted octanol–water partition coefficient (Wildman–Crippen LogP) is 2.94. The molecule has 0 spiro atoms. The van der Waals surface area contributed by atoms with Crippen molar-refractivity contribution in [3.63, 3.8) is 0 Å². The van der Waals surface area contributed by atoms with Gasteiger partial charge in [0.15, 0.2) is 0 Å². The molecule has 0 amide bonds. The van der Waals surface area contributed by atoms with Gasteiger partial charge in [0, 0.05) is 11.8 Å². The molecule has 1 N–H and O–H groups in total. The average Bonchev–Trinajstić information content (AvgIpc) is 2.32. The number of rotatable bonds is 3. The van der Waals surface area contributed by atoms with E-state index in [4.69, 9.17) is 16.9 Å². The van der Waals surface area contributed by atoms with Crippen LogP contribution in [0.1, 0.15) is 5.56 Å². The van der Waals surface area contributed by atoms with Crippen molar-refractivity contribution >= 4 is 23.1 Å². The molecule has 1 aromatic carbocycles. The van der Waals surface area contributed by atoms with Gasteiger partial charge >= 0.3 is 0 Å². The second-order valence-corrected chi connectivity index (χ2v) is 3.77. The molecule has 0 aliphatic heterocycles. The van der Waals surface area contributed by atoms with Crippen molar-refractivity contribution in [1.29, 1.82) is 5.26 Å². The number of nitriles is 1. The lowest BCUT2D eigenvalue weighted by Crippen LogP contribution is -1.94. The maximum atomic E-state index is 8.56. The van der Waals surface area contributed by atoms with Gasteiger partial charge in [0.25, 0.3) is 0 Å². The summed E-state index contributed by atoms with van der Waals surface area (Å²) in [6.07, 6.45) is 1.81. The van der Waals surface area contributed by atoms with Gasteiger partial charge in [-0.15, -0.1) is 0 Å². The van der Waals surface area contributed by atoms with Crippen LogP contribution in [-0.2, 0) is 6.42 Å². The zero-order chi connectivity index (χ0) is 12.1. The van der Waals surface area contributed by atoms with E-state index < -0.39 is 0 Å². The maximum absolute atomic E-state index is 8.56. The lowest BCUT2D eigenvalue weighted by molar-refractivity contribution is 1.17. The fourth-order valence-corrected chi connectivity index (χ4v) is 1.49. The van der Waals surface area contributed by atoms with Gasteiger partial charge in [0.05, 0.1) is 12.5 Å². The summed E-state index contributed by atoms with van der Waals surface area (Å²) in [5.74, 6) is 0.637. The molecule has 0 unspecified atom stereocenters. The van der Waals surface area contributed by atoms with Crippen LogP contribution in [0.4, 0.5) is 11.5 Å². The van der Waals surface area contributed by atoms with E-state index in [0.29, 0.717) is 17.4 Å². The fraction of sp³-hybridized carbons (Fsp3) is 0.0833. The fourth-order valence-electron chi connectivity index (χ4n) is 1.35. The van der Waals surface area contributed by atoms with Crippen molar-refractivity contribution in [1.82, 2.24) is 9.97 Å². The average molecular weight is 245 g/mol. The topological polar surface area (TPSA) is 61.6 Å². The van der Waals surface area contributed by atoms with Crippen molar-refractivity contribution in [2.24, 2.45) is 0 Å². The number of hydrogen-bond acceptors (Lipinski definition) is 4. The Morgan fingerprint density at radius 1 is 1.24 bits per heavy atom. The third kappa shape index (κ3) is 3.16. The molecule has 1 aromatic heterocycles. The van der Waals surface area contributed by atoms with E-state index in [1.165, 1.54) is 6.33 Å². The van der Waals surface area contributed by atoms with E-state index in [1.807, 2.05) is 24.3 Å². The van der Waals surface area contributed by atoms with Gasteiger partial charge in [-0.25, -0.2) is 9.97 Å². The Morgan fingerprint density at radius 2 is 2.00 bits per heavy atom. The molecular formula is C12H9ClN4. The van der Waals surface area contributed by atoms with E-state index >= 15 is 0 Å². The first kappa shape index (κ1) is 11.4. The summed E-state index contributed by atoms with van der Waals surface area (Å²) in [5.41, 5.74) is 1.88. The van der Waals surface area contributed by atoms with Crippen LogP contribution >= 0.6 is 11.6 Å².